The zero-order chi connectivity index (χ0) is 18.9. The van der Waals surface area contributed by atoms with Gasteiger partial charge in [0.25, 0.3) is 5.82 Å². The van der Waals surface area contributed by atoms with Gasteiger partial charge in [-0.15, -0.1) is 4.91 Å². The largest absolute Gasteiger partial charge is 0.297 e. The van der Waals surface area contributed by atoms with Crippen molar-refractivity contribution in [1.29, 1.82) is 0 Å². The summed E-state index contributed by atoms with van der Waals surface area (Å²) in [5, 5.41) is 6.91. The van der Waals surface area contributed by atoms with Crippen LogP contribution in [0.4, 0.5) is 11.5 Å². The lowest BCUT2D eigenvalue weighted by Crippen LogP contribution is -2.39. The van der Waals surface area contributed by atoms with Crippen molar-refractivity contribution >= 4 is 17.2 Å². The van der Waals surface area contributed by atoms with Crippen molar-refractivity contribution in [1.82, 2.24) is 4.98 Å². The quantitative estimate of drug-likeness (QED) is 0.474. The summed E-state index contributed by atoms with van der Waals surface area (Å²) < 4.78 is 2.08. The van der Waals surface area contributed by atoms with E-state index in [1.165, 1.54) is 0 Å². The number of pyridine rings is 1. The van der Waals surface area contributed by atoms with Crippen LogP contribution in [-0.4, -0.2) is 10.5 Å². The van der Waals surface area contributed by atoms with Gasteiger partial charge in [-0.3, -0.25) is 10.3 Å². The molecule has 2 N–H and O–H groups in total. The monoisotopic (exact) mass is 351 g/mol. The van der Waals surface area contributed by atoms with Crippen molar-refractivity contribution < 1.29 is 4.40 Å². The average Bonchev–Trinajstić information content (AvgIpc) is 2.90. The van der Waals surface area contributed by atoms with Gasteiger partial charge >= 0.3 is 0 Å². The maximum Gasteiger partial charge on any atom is 0.267 e. The summed E-state index contributed by atoms with van der Waals surface area (Å²) in [4.78, 5) is 14.8. The fourth-order valence-corrected chi connectivity index (χ4v) is 3.82. The Hall–Kier alpha value is -2.69. The van der Waals surface area contributed by atoms with Crippen LogP contribution in [0.1, 0.15) is 41.0 Å². The fraction of sp³-hybridized carbons (Fsp3) is 0.381. The first-order valence-electron chi connectivity index (χ1n) is 8.93. The Labute approximate surface area is 154 Å². The zero-order valence-corrected chi connectivity index (χ0v) is 16.1. The zero-order valence-electron chi connectivity index (χ0n) is 16.1. The second-order valence-corrected chi connectivity index (χ2v) is 8.66. The SMILES string of the molecule is CC(C)(C)CC(C)(C)Nc1c(-c2ccccc2N=O)[nH]c2cccc[n+]12. The molecule has 2 heterocycles. The van der Waals surface area contributed by atoms with Crippen molar-refractivity contribution in [2.24, 2.45) is 10.6 Å². The third-order valence-corrected chi connectivity index (χ3v) is 4.29. The molecule has 0 aliphatic carbocycles. The number of nitroso groups, excluding NO2 is 1. The van der Waals surface area contributed by atoms with E-state index in [0.717, 1.165) is 29.1 Å². The highest BCUT2D eigenvalue weighted by atomic mass is 16.3. The van der Waals surface area contributed by atoms with Gasteiger partial charge in [-0.1, -0.05) is 39.0 Å². The van der Waals surface area contributed by atoms with Crippen molar-refractivity contribution in [2.45, 2.75) is 46.6 Å². The molecular weight excluding hydrogens is 324 g/mol. The molecule has 0 atom stereocenters. The summed E-state index contributed by atoms with van der Waals surface area (Å²) in [6, 6.07) is 13.4. The van der Waals surface area contributed by atoms with E-state index >= 15 is 0 Å². The van der Waals surface area contributed by atoms with Crippen molar-refractivity contribution in [2.75, 3.05) is 5.32 Å². The number of anilines is 1. The first kappa shape index (κ1) is 18.1. The second kappa shape index (κ2) is 6.56. The van der Waals surface area contributed by atoms with Crippen LogP contribution in [0.3, 0.4) is 0 Å². The molecule has 0 amide bonds. The summed E-state index contributed by atoms with van der Waals surface area (Å²) in [6.45, 7) is 11.1. The van der Waals surface area contributed by atoms with Crippen LogP contribution in [0, 0.1) is 10.3 Å². The molecule has 0 saturated carbocycles. The van der Waals surface area contributed by atoms with E-state index in [0.29, 0.717) is 5.69 Å². The number of benzene rings is 1. The van der Waals surface area contributed by atoms with E-state index in [1.807, 2.05) is 42.6 Å². The maximum atomic E-state index is 11.3. The molecule has 5 heteroatoms. The highest BCUT2D eigenvalue weighted by Gasteiger charge is 2.32. The number of aromatic amines is 1. The number of H-pyrrole nitrogens is 1. The smallest absolute Gasteiger partial charge is 0.267 e. The molecule has 0 spiro atoms. The predicted molar refractivity (Wildman–Crippen MR) is 107 cm³/mol. The van der Waals surface area contributed by atoms with E-state index in [9.17, 15) is 4.91 Å². The highest BCUT2D eigenvalue weighted by molar-refractivity contribution is 5.80. The number of imidazole rings is 1. The lowest BCUT2D eigenvalue weighted by atomic mass is 9.82. The lowest BCUT2D eigenvalue weighted by Gasteiger charge is -2.31. The Bertz CT molecular complexity index is 935. The lowest BCUT2D eigenvalue weighted by molar-refractivity contribution is -0.494. The molecular formula is C21H27N4O+. The molecule has 5 nitrogen and oxygen atoms in total. The van der Waals surface area contributed by atoms with Crippen LogP contribution in [0.5, 0.6) is 0 Å². The molecule has 0 fully saturated rings. The number of nitrogens with one attached hydrogen (secondary N) is 2. The number of rotatable bonds is 5. The molecule has 0 saturated heterocycles. The minimum absolute atomic E-state index is 0.130. The van der Waals surface area contributed by atoms with Crippen LogP contribution in [-0.2, 0) is 0 Å². The van der Waals surface area contributed by atoms with Gasteiger partial charge < -0.3 is 0 Å². The van der Waals surface area contributed by atoms with Crippen LogP contribution in [0.25, 0.3) is 16.9 Å². The first-order chi connectivity index (χ1) is 12.2. The Morgan fingerprint density at radius 1 is 1.04 bits per heavy atom. The van der Waals surface area contributed by atoms with E-state index in [4.69, 9.17) is 0 Å². The van der Waals surface area contributed by atoms with Gasteiger partial charge in [0.2, 0.25) is 5.65 Å². The molecule has 2 aromatic heterocycles. The van der Waals surface area contributed by atoms with Crippen LogP contribution in [0.2, 0.25) is 0 Å². The average molecular weight is 351 g/mol. The number of hydrogen-bond donors (Lipinski definition) is 2. The number of fused-ring (bicyclic) bond motifs is 1. The van der Waals surface area contributed by atoms with Crippen molar-refractivity contribution in [3.8, 4) is 11.3 Å². The molecule has 0 bridgehead atoms. The number of nitrogens with zero attached hydrogens (tertiary/aromatic N) is 2. The standard InChI is InChI=1S/C21H26N4O/c1-20(2,3)14-21(4,5)23-19-18(15-10-6-7-11-16(15)24-26)22-17-12-8-9-13-25(17)19/h6-13H,14H2,1-5H3,(H,23,26)/p+1. The molecule has 26 heavy (non-hydrogen) atoms. The van der Waals surface area contributed by atoms with Gasteiger partial charge in [-0.25, -0.2) is 4.40 Å². The Morgan fingerprint density at radius 2 is 1.73 bits per heavy atom. The number of hydrogen-bond acceptors (Lipinski definition) is 3. The molecule has 136 valence electrons. The molecule has 3 aromatic rings. The van der Waals surface area contributed by atoms with E-state index in [2.05, 4.69) is 54.5 Å². The van der Waals surface area contributed by atoms with Crippen LogP contribution in [0.15, 0.2) is 53.8 Å². The maximum absolute atomic E-state index is 11.3. The minimum atomic E-state index is -0.130. The highest BCUT2D eigenvalue weighted by Crippen LogP contribution is 2.36. The molecule has 0 unspecified atom stereocenters. The van der Waals surface area contributed by atoms with Gasteiger partial charge in [-0.05, 0) is 49.1 Å². The Kier molecular flexibility index (Phi) is 4.57. The van der Waals surface area contributed by atoms with Gasteiger partial charge in [0.1, 0.15) is 5.69 Å². The molecule has 0 radical (unpaired) electrons. The molecule has 1 aromatic carbocycles. The van der Waals surface area contributed by atoms with Gasteiger partial charge in [-0.2, -0.15) is 0 Å². The molecule has 0 aliphatic rings. The number of aromatic nitrogens is 2. The third-order valence-electron chi connectivity index (χ3n) is 4.29. The van der Waals surface area contributed by atoms with Crippen LogP contribution < -0.4 is 9.72 Å². The molecule has 3 rings (SSSR count). The van der Waals surface area contributed by atoms with Gasteiger partial charge in [0, 0.05) is 11.6 Å². The van der Waals surface area contributed by atoms with Crippen molar-refractivity contribution in [3.05, 3.63) is 53.6 Å². The van der Waals surface area contributed by atoms with Crippen molar-refractivity contribution in [3.63, 3.8) is 0 Å². The second-order valence-electron chi connectivity index (χ2n) is 8.66. The third kappa shape index (κ3) is 3.77. The van der Waals surface area contributed by atoms with Crippen LogP contribution >= 0.6 is 0 Å². The van der Waals surface area contributed by atoms with E-state index < -0.39 is 0 Å². The summed E-state index contributed by atoms with van der Waals surface area (Å²) in [5.74, 6) is 0.936. The van der Waals surface area contributed by atoms with Gasteiger partial charge in [0.15, 0.2) is 5.69 Å². The van der Waals surface area contributed by atoms with Gasteiger partial charge in [0.05, 0.1) is 11.7 Å². The summed E-state index contributed by atoms with van der Waals surface area (Å²) >= 11 is 0. The topological polar surface area (TPSA) is 61.4 Å². The summed E-state index contributed by atoms with van der Waals surface area (Å²) in [7, 11) is 0. The first-order valence-corrected chi connectivity index (χ1v) is 8.93. The normalized spacial score (nSPS) is 12.3. The minimum Gasteiger partial charge on any atom is -0.297 e. The predicted octanol–water partition coefficient (Wildman–Crippen LogP) is 5.45. The summed E-state index contributed by atoms with van der Waals surface area (Å²) in [5.41, 5.74) is 3.10. The Morgan fingerprint density at radius 3 is 2.42 bits per heavy atom. The fourth-order valence-electron chi connectivity index (χ4n) is 3.82. The Balaban J connectivity index is 2.16. The molecule has 0 aliphatic heterocycles. The van der Waals surface area contributed by atoms with E-state index in [1.54, 1.807) is 6.07 Å². The van der Waals surface area contributed by atoms with E-state index in [-0.39, 0.29) is 11.0 Å². The summed E-state index contributed by atoms with van der Waals surface area (Å²) in [6.07, 6.45) is 3.01.